The van der Waals surface area contributed by atoms with E-state index in [2.05, 4.69) is 5.32 Å². The summed E-state index contributed by atoms with van der Waals surface area (Å²) in [6, 6.07) is 2.57. The molecule has 1 aromatic rings. The first-order valence-corrected chi connectivity index (χ1v) is 4.72. The minimum atomic E-state index is -0.555. The number of hydrogen-bond acceptors (Lipinski definition) is 4. The number of carbonyl (C=O) groups excluding carboxylic acids is 2. The average molecular weight is 220 g/mol. The molecule has 0 spiro atoms. The number of carbonyl (C=O) groups is 2. The van der Waals surface area contributed by atoms with Crippen molar-refractivity contribution < 1.29 is 14.5 Å². The molecule has 0 aromatic heterocycles. The third-order valence-electron chi connectivity index (χ3n) is 2.54. The molecule has 0 unspecified atom stereocenters. The van der Waals surface area contributed by atoms with E-state index in [-0.39, 0.29) is 16.8 Å². The first kappa shape index (κ1) is 10.3. The van der Waals surface area contributed by atoms with Gasteiger partial charge in [-0.25, -0.2) is 0 Å². The minimum Gasteiger partial charge on any atom is -0.288 e. The van der Waals surface area contributed by atoms with Gasteiger partial charge in [0.1, 0.15) is 0 Å². The lowest BCUT2D eigenvalue weighted by Gasteiger charge is -2.03. The zero-order valence-electron chi connectivity index (χ0n) is 8.44. The van der Waals surface area contributed by atoms with Crippen LogP contribution in [-0.2, 0) is 6.42 Å². The van der Waals surface area contributed by atoms with Gasteiger partial charge in [0.2, 0.25) is 0 Å². The second-order valence-electron chi connectivity index (χ2n) is 3.38. The van der Waals surface area contributed by atoms with Gasteiger partial charge in [0.25, 0.3) is 17.5 Å². The molecule has 0 atom stereocenters. The normalized spacial score (nSPS) is 13.6. The van der Waals surface area contributed by atoms with Crippen LogP contribution in [0.5, 0.6) is 0 Å². The van der Waals surface area contributed by atoms with Crippen LogP contribution in [0.4, 0.5) is 5.69 Å². The Bertz CT molecular complexity index is 522. The van der Waals surface area contributed by atoms with Crippen LogP contribution in [0.3, 0.4) is 0 Å². The number of hydrogen-bond donors (Lipinski definition) is 1. The summed E-state index contributed by atoms with van der Waals surface area (Å²) in [5, 5.41) is 12.9. The first-order chi connectivity index (χ1) is 7.56. The minimum absolute atomic E-state index is 0.119. The van der Waals surface area contributed by atoms with Crippen molar-refractivity contribution in [3.05, 3.63) is 38.9 Å². The van der Waals surface area contributed by atoms with Crippen molar-refractivity contribution in [3.63, 3.8) is 0 Å². The highest BCUT2D eigenvalue weighted by molar-refractivity contribution is 6.22. The number of imide groups is 1. The van der Waals surface area contributed by atoms with Crippen LogP contribution in [0.1, 0.15) is 33.2 Å². The van der Waals surface area contributed by atoms with Crippen LogP contribution in [0.25, 0.3) is 0 Å². The number of fused-ring (bicyclic) bond motifs is 1. The standard InChI is InChI=1S/C10H8N2O4/c1-2-5-7(12(15)16)4-3-6-8(5)10(14)11-9(6)13/h3-4H,2H2,1H3,(H,11,13,14). The van der Waals surface area contributed by atoms with Crippen molar-refractivity contribution in [2.45, 2.75) is 13.3 Å². The number of nitrogens with zero attached hydrogens (tertiary/aromatic N) is 1. The van der Waals surface area contributed by atoms with Gasteiger partial charge in [0.05, 0.1) is 16.1 Å². The molecule has 0 saturated heterocycles. The predicted molar refractivity (Wildman–Crippen MR) is 54.3 cm³/mol. The third-order valence-corrected chi connectivity index (χ3v) is 2.54. The number of nitro benzene ring substituents is 1. The number of rotatable bonds is 2. The van der Waals surface area contributed by atoms with Crippen LogP contribution in [0, 0.1) is 10.1 Å². The fourth-order valence-corrected chi connectivity index (χ4v) is 1.85. The Morgan fingerprint density at radius 2 is 2.00 bits per heavy atom. The zero-order valence-corrected chi connectivity index (χ0v) is 8.44. The fraction of sp³-hybridized carbons (Fsp3) is 0.200. The molecule has 0 bridgehead atoms. The lowest BCUT2D eigenvalue weighted by Crippen LogP contribution is -2.20. The molecule has 1 aromatic carbocycles. The van der Waals surface area contributed by atoms with Gasteiger partial charge in [0.15, 0.2) is 0 Å². The Labute approximate surface area is 90.4 Å². The molecule has 1 aliphatic heterocycles. The number of benzene rings is 1. The molecule has 82 valence electrons. The van der Waals surface area contributed by atoms with Gasteiger partial charge in [-0.15, -0.1) is 0 Å². The predicted octanol–water partition coefficient (Wildman–Crippen LogP) is 1.04. The Morgan fingerprint density at radius 1 is 1.31 bits per heavy atom. The second-order valence-corrected chi connectivity index (χ2v) is 3.38. The smallest absolute Gasteiger partial charge is 0.273 e. The molecular weight excluding hydrogens is 212 g/mol. The molecule has 6 heteroatoms. The highest BCUT2D eigenvalue weighted by Gasteiger charge is 2.32. The van der Waals surface area contributed by atoms with Crippen LogP contribution in [0.2, 0.25) is 0 Å². The van der Waals surface area contributed by atoms with Gasteiger partial charge in [0, 0.05) is 11.6 Å². The van der Waals surface area contributed by atoms with Crippen molar-refractivity contribution in [1.82, 2.24) is 5.32 Å². The molecule has 0 aliphatic carbocycles. The monoisotopic (exact) mass is 220 g/mol. The molecule has 0 fully saturated rings. The summed E-state index contributed by atoms with van der Waals surface area (Å²) in [6.45, 7) is 1.71. The number of nitrogens with one attached hydrogen (secondary N) is 1. The van der Waals surface area contributed by atoms with Crippen LogP contribution < -0.4 is 5.32 Å². The lowest BCUT2D eigenvalue weighted by molar-refractivity contribution is -0.385. The largest absolute Gasteiger partial charge is 0.288 e. The maximum absolute atomic E-state index is 11.5. The summed E-state index contributed by atoms with van der Waals surface area (Å²) < 4.78 is 0. The van der Waals surface area contributed by atoms with E-state index in [4.69, 9.17) is 0 Å². The molecule has 1 N–H and O–H groups in total. The Balaban J connectivity index is 2.75. The van der Waals surface area contributed by atoms with Gasteiger partial charge in [-0.05, 0) is 12.5 Å². The van der Waals surface area contributed by atoms with Gasteiger partial charge in [-0.2, -0.15) is 0 Å². The molecule has 0 radical (unpaired) electrons. The summed E-state index contributed by atoms with van der Waals surface area (Å²) in [4.78, 5) is 33.0. The summed E-state index contributed by atoms with van der Waals surface area (Å²) in [6.07, 6.45) is 0.334. The summed E-state index contributed by atoms with van der Waals surface area (Å²) >= 11 is 0. The van der Waals surface area contributed by atoms with E-state index in [9.17, 15) is 19.7 Å². The Kier molecular flexibility index (Phi) is 2.19. The van der Waals surface area contributed by atoms with Crippen molar-refractivity contribution in [2.24, 2.45) is 0 Å². The molecule has 1 heterocycles. The van der Waals surface area contributed by atoms with E-state index < -0.39 is 16.7 Å². The Morgan fingerprint density at radius 3 is 2.56 bits per heavy atom. The molecule has 1 aliphatic rings. The van der Waals surface area contributed by atoms with Crippen LogP contribution in [0.15, 0.2) is 12.1 Å². The molecule has 6 nitrogen and oxygen atoms in total. The van der Waals surface area contributed by atoms with Crippen molar-refractivity contribution in [2.75, 3.05) is 0 Å². The van der Waals surface area contributed by atoms with Gasteiger partial charge in [-0.3, -0.25) is 25.0 Å². The van der Waals surface area contributed by atoms with Gasteiger partial charge in [-0.1, -0.05) is 6.92 Å². The molecule has 0 saturated carbocycles. The summed E-state index contributed by atoms with van der Waals surface area (Å²) in [5.74, 6) is -1.05. The van der Waals surface area contributed by atoms with Gasteiger partial charge < -0.3 is 0 Å². The first-order valence-electron chi connectivity index (χ1n) is 4.72. The highest BCUT2D eigenvalue weighted by atomic mass is 16.6. The van der Waals surface area contributed by atoms with E-state index in [0.29, 0.717) is 12.0 Å². The van der Waals surface area contributed by atoms with E-state index in [1.165, 1.54) is 12.1 Å². The number of amides is 2. The van der Waals surface area contributed by atoms with Gasteiger partial charge >= 0.3 is 0 Å². The molecule has 2 rings (SSSR count). The van der Waals surface area contributed by atoms with Crippen molar-refractivity contribution in [1.29, 1.82) is 0 Å². The zero-order chi connectivity index (χ0) is 11.9. The maximum Gasteiger partial charge on any atom is 0.273 e. The molecular formula is C10H8N2O4. The average Bonchev–Trinajstić information content (AvgIpc) is 2.53. The highest BCUT2D eigenvalue weighted by Crippen LogP contribution is 2.28. The third kappa shape index (κ3) is 1.27. The van der Waals surface area contributed by atoms with E-state index >= 15 is 0 Å². The summed E-state index contributed by atoms with van der Waals surface area (Å²) in [7, 11) is 0. The lowest BCUT2D eigenvalue weighted by atomic mass is 9.99. The second kappa shape index (κ2) is 3.41. The fourth-order valence-electron chi connectivity index (χ4n) is 1.85. The quantitative estimate of drug-likeness (QED) is 0.458. The van der Waals surface area contributed by atoms with Crippen molar-refractivity contribution >= 4 is 17.5 Å². The van der Waals surface area contributed by atoms with E-state index in [1.54, 1.807) is 6.92 Å². The topological polar surface area (TPSA) is 89.3 Å². The Hall–Kier alpha value is -2.24. The SMILES string of the molecule is CCc1c([N+](=O)[O-])ccc2c1C(=O)NC2=O. The van der Waals surface area contributed by atoms with Crippen molar-refractivity contribution in [3.8, 4) is 0 Å². The summed E-state index contributed by atoms with van der Waals surface area (Å²) in [5.41, 5.74) is 0.547. The van der Waals surface area contributed by atoms with E-state index in [0.717, 1.165) is 0 Å². The van der Waals surface area contributed by atoms with Crippen LogP contribution in [-0.4, -0.2) is 16.7 Å². The molecule has 2 amide bonds. The van der Waals surface area contributed by atoms with E-state index in [1.807, 2.05) is 0 Å². The molecule has 16 heavy (non-hydrogen) atoms. The van der Waals surface area contributed by atoms with Crippen LogP contribution >= 0.6 is 0 Å². The maximum atomic E-state index is 11.5. The number of nitro groups is 1.